The molecule has 0 aliphatic rings. The Labute approximate surface area is 131 Å². The highest BCUT2D eigenvalue weighted by atomic mass is 35.5. The third-order valence-corrected chi connectivity index (χ3v) is 4.31. The summed E-state index contributed by atoms with van der Waals surface area (Å²) < 4.78 is 17.5. The van der Waals surface area contributed by atoms with Crippen LogP contribution < -0.4 is 4.74 Å². The average Bonchev–Trinajstić information content (AvgIpc) is 2.50. The Morgan fingerprint density at radius 3 is 2.67 bits per heavy atom. The van der Waals surface area contributed by atoms with Crippen LogP contribution in [0.25, 0.3) is 0 Å². The molecule has 0 bridgehead atoms. The third-order valence-electron chi connectivity index (χ3n) is 2.78. The van der Waals surface area contributed by atoms with E-state index in [-0.39, 0.29) is 0 Å². The van der Waals surface area contributed by atoms with Crippen molar-refractivity contribution in [2.45, 2.75) is 5.75 Å². The first-order valence-electron chi connectivity index (χ1n) is 6.40. The summed E-state index contributed by atoms with van der Waals surface area (Å²) >= 11 is 5.81. The Hall–Kier alpha value is -1.83. The lowest BCUT2D eigenvalue weighted by atomic mass is 10.2. The van der Waals surface area contributed by atoms with Gasteiger partial charge in [0.25, 0.3) is 0 Å². The molecule has 0 aliphatic heterocycles. The summed E-state index contributed by atoms with van der Waals surface area (Å²) in [7, 11) is -0.992. The molecular weight excluding hydrogens is 306 g/mol. The second-order valence-corrected chi connectivity index (χ2v) is 6.42. The number of rotatable bonds is 6. The van der Waals surface area contributed by atoms with E-state index >= 15 is 0 Å². The van der Waals surface area contributed by atoms with Crippen molar-refractivity contribution in [3.8, 4) is 11.8 Å². The van der Waals surface area contributed by atoms with Gasteiger partial charge in [0.15, 0.2) is 0 Å². The third kappa shape index (κ3) is 5.22. The lowest BCUT2D eigenvalue weighted by Crippen LogP contribution is -2.10. The normalized spacial score (nSPS) is 11.6. The van der Waals surface area contributed by atoms with E-state index in [1.54, 1.807) is 36.4 Å². The summed E-state index contributed by atoms with van der Waals surface area (Å²) in [5.41, 5.74) is 1.54. The van der Waals surface area contributed by atoms with Crippen LogP contribution in [0.5, 0.6) is 5.75 Å². The predicted octanol–water partition coefficient (Wildman–Crippen LogP) is 3.54. The zero-order valence-corrected chi connectivity index (χ0v) is 12.9. The number of nitriles is 1. The Balaban J connectivity index is 1.79. The van der Waals surface area contributed by atoms with Gasteiger partial charge in [-0.2, -0.15) is 5.26 Å². The molecule has 0 amide bonds. The van der Waals surface area contributed by atoms with Crippen LogP contribution in [-0.4, -0.2) is 16.6 Å². The van der Waals surface area contributed by atoms with Crippen LogP contribution in [0, 0.1) is 11.3 Å². The first kappa shape index (κ1) is 15.6. The van der Waals surface area contributed by atoms with Crippen molar-refractivity contribution < 1.29 is 8.95 Å². The van der Waals surface area contributed by atoms with Crippen molar-refractivity contribution in [1.82, 2.24) is 0 Å². The van der Waals surface area contributed by atoms with Gasteiger partial charge < -0.3 is 4.74 Å². The number of benzene rings is 2. The SMILES string of the molecule is N#Cc1cccc(OCCS(=O)Cc2ccc(Cl)cc2)c1. The predicted molar refractivity (Wildman–Crippen MR) is 84.8 cm³/mol. The molecule has 0 aliphatic carbocycles. The molecule has 0 saturated carbocycles. The van der Waals surface area contributed by atoms with Crippen LogP contribution in [0.3, 0.4) is 0 Å². The van der Waals surface area contributed by atoms with Gasteiger partial charge in [-0.15, -0.1) is 0 Å². The molecule has 0 N–H and O–H groups in total. The van der Waals surface area contributed by atoms with Gasteiger partial charge in [0.2, 0.25) is 0 Å². The lowest BCUT2D eigenvalue weighted by molar-refractivity contribution is 0.342. The summed E-state index contributed by atoms with van der Waals surface area (Å²) in [6, 6.07) is 16.3. The summed E-state index contributed by atoms with van der Waals surface area (Å²) in [5, 5.41) is 9.47. The van der Waals surface area contributed by atoms with Crippen LogP contribution in [-0.2, 0) is 16.6 Å². The first-order chi connectivity index (χ1) is 10.2. The second kappa shape index (κ2) is 7.82. The van der Waals surface area contributed by atoms with Crippen molar-refractivity contribution >= 4 is 22.4 Å². The van der Waals surface area contributed by atoms with Crippen molar-refractivity contribution in [2.75, 3.05) is 12.4 Å². The van der Waals surface area contributed by atoms with E-state index in [1.165, 1.54) is 0 Å². The molecule has 5 heteroatoms. The van der Waals surface area contributed by atoms with Gasteiger partial charge in [0, 0.05) is 21.6 Å². The summed E-state index contributed by atoms with van der Waals surface area (Å²) in [4.78, 5) is 0. The van der Waals surface area contributed by atoms with Crippen molar-refractivity contribution in [1.29, 1.82) is 5.26 Å². The zero-order chi connectivity index (χ0) is 15.1. The van der Waals surface area contributed by atoms with E-state index in [4.69, 9.17) is 21.6 Å². The topological polar surface area (TPSA) is 50.1 Å². The zero-order valence-electron chi connectivity index (χ0n) is 11.3. The maximum absolute atomic E-state index is 12.0. The van der Waals surface area contributed by atoms with Gasteiger partial charge in [-0.25, -0.2) is 0 Å². The van der Waals surface area contributed by atoms with E-state index in [0.717, 1.165) is 5.56 Å². The Morgan fingerprint density at radius 2 is 1.95 bits per heavy atom. The molecule has 3 nitrogen and oxygen atoms in total. The van der Waals surface area contributed by atoms with Crippen LogP contribution in [0.1, 0.15) is 11.1 Å². The molecule has 0 radical (unpaired) electrons. The molecule has 0 heterocycles. The van der Waals surface area contributed by atoms with E-state index in [1.807, 2.05) is 12.1 Å². The molecule has 2 aromatic carbocycles. The maximum Gasteiger partial charge on any atom is 0.120 e. The van der Waals surface area contributed by atoms with Crippen molar-refractivity contribution in [3.05, 3.63) is 64.7 Å². The smallest absolute Gasteiger partial charge is 0.120 e. The molecule has 2 rings (SSSR count). The fourth-order valence-corrected chi connectivity index (χ4v) is 2.85. The highest BCUT2D eigenvalue weighted by molar-refractivity contribution is 7.84. The number of nitrogens with zero attached hydrogens (tertiary/aromatic N) is 1. The Bertz CT molecular complexity index is 665. The number of ether oxygens (including phenoxy) is 1. The molecule has 0 fully saturated rings. The molecule has 0 aromatic heterocycles. The summed E-state index contributed by atoms with van der Waals surface area (Å²) in [6.45, 7) is 0.356. The minimum absolute atomic E-state index is 0.356. The largest absolute Gasteiger partial charge is 0.493 e. The van der Waals surface area contributed by atoms with E-state index in [2.05, 4.69) is 6.07 Å². The Kier molecular flexibility index (Phi) is 5.79. The van der Waals surface area contributed by atoms with Gasteiger partial charge in [-0.05, 0) is 35.9 Å². The standard InChI is InChI=1S/C16H14ClNO2S/c17-15-6-4-13(5-7-15)12-21(19)9-8-20-16-3-1-2-14(10-16)11-18/h1-7,10H,8-9,12H2. The second-order valence-electron chi connectivity index (χ2n) is 4.40. The van der Waals surface area contributed by atoms with E-state index < -0.39 is 10.8 Å². The monoisotopic (exact) mass is 319 g/mol. The van der Waals surface area contributed by atoms with Gasteiger partial charge in [0.1, 0.15) is 5.75 Å². The lowest BCUT2D eigenvalue weighted by Gasteiger charge is -2.06. The van der Waals surface area contributed by atoms with Crippen molar-refractivity contribution in [3.63, 3.8) is 0 Å². The van der Waals surface area contributed by atoms with Gasteiger partial charge >= 0.3 is 0 Å². The quantitative estimate of drug-likeness (QED) is 0.818. The van der Waals surface area contributed by atoms with Gasteiger partial charge in [0.05, 0.1) is 24.0 Å². The molecule has 0 saturated heterocycles. The average molecular weight is 320 g/mol. The van der Waals surface area contributed by atoms with Gasteiger partial charge in [-0.3, -0.25) is 4.21 Å². The minimum atomic E-state index is -0.992. The molecule has 21 heavy (non-hydrogen) atoms. The summed E-state index contributed by atoms with van der Waals surface area (Å²) in [5.74, 6) is 1.55. The van der Waals surface area contributed by atoms with Gasteiger partial charge in [-0.1, -0.05) is 29.8 Å². The molecule has 1 unspecified atom stereocenters. The molecule has 0 spiro atoms. The van der Waals surface area contributed by atoms with E-state index in [0.29, 0.717) is 34.4 Å². The Morgan fingerprint density at radius 1 is 1.19 bits per heavy atom. The fourth-order valence-electron chi connectivity index (χ4n) is 1.75. The molecule has 2 aromatic rings. The van der Waals surface area contributed by atoms with Crippen molar-refractivity contribution in [2.24, 2.45) is 0 Å². The maximum atomic E-state index is 12.0. The number of halogens is 1. The summed E-state index contributed by atoms with van der Waals surface area (Å²) in [6.07, 6.45) is 0. The molecular formula is C16H14ClNO2S. The highest BCUT2D eigenvalue weighted by Crippen LogP contribution is 2.13. The molecule has 108 valence electrons. The number of hydrogen-bond donors (Lipinski definition) is 0. The fraction of sp³-hybridized carbons (Fsp3) is 0.188. The minimum Gasteiger partial charge on any atom is -0.493 e. The first-order valence-corrected chi connectivity index (χ1v) is 8.26. The van der Waals surface area contributed by atoms with E-state index in [9.17, 15) is 4.21 Å². The molecule has 1 atom stereocenters. The highest BCUT2D eigenvalue weighted by Gasteiger charge is 2.03. The number of hydrogen-bond acceptors (Lipinski definition) is 3. The van der Waals surface area contributed by atoms with Crippen LogP contribution >= 0.6 is 11.6 Å². The van der Waals surface area contributed by atoms with Crippen LogP contribution in [0.4, 0.5) is 0 Å². The van der Waals surface area contributed by atoms with Crippen LogP contribution in [0.15, 0.2) is 48.5 Å². The van der Waals surface area contributed by atoms with Crippen LogP contribution in [0.2, 0.25) is 5.02 Å².